The van der Waals surface area contributed by atoms with Gasteiger partial charge in [-0.2, -0.15) is 7.11 Å². The second kappa shape index (κ2) is 27.9. The molecule has 0 spiro atoms. The summed E-state index contributed by atoms with van der Waals surface area (Å²) >= 11 is 3.31. The summed E-state index contributed by atoms with van der Waals surface area (Å²) in [5.74, 6) is 0.131. The Balaban J connectivity index is -0.000000589. The van der Waals surface area contributed by atoms with E-state index in [0.717, 1.165) is 12.7 Å². The van der Waals surface area contributed by atoms with Gasteiger partial charge in [0.2, 0.25) is 0 Å². The second-order valence-corrected chi connectivity index (χ2v) is 8.81. The van der Waals surface area contributed by atoms with Crippen LogP contribution in [0.2, 0.25) is 0 Å². The minimum atomic E-state index is -0.976. The molecule has 0 atom stereocenters. The third kappa shape index (κ3) is 15.1. The van der Waals surface area contributed by atoms with Gasteiger partial charge in [-0.25, -0.2) is 14.4 Å². The smallest absolute Gasteiger partial charge is 0.857 e. The standard InChI is InChI=1S/C11H14O4.C10H11BrO3.C10H12O4.CH3O.CH4.Na/c1-13-7-9-8(11(12)15-3)5-4-6-10(9)14-2;1-13-9-5-3-4-7(8(9)6-11)10(12)14-2;1-13-6-8-7(10(11)12)4-3-5-9(8)14-2;1-2;;/h4-6H,7H2,1-3H3;3-5H,6H2,1-2H3;3-5H,6H2,1-2H3,(H,11,12);1H3;1H4;/q;;;-1;;+1. The fourth-order valence-corrected chi connectivity index (χ4v) is 4.38. The number of hydrogen-bond donors (Lipinski definition) is 1. The molecule has 3 aromatic rings. The van der Waals surface area contributed by atoms with E-state index in [2.05, 4.69) is 25.4 Å². The van der Waals surface area contributed by atoms with Gasteiger partial charge in [0.15, 0.2) is 0 Å². The van der Waals surface area contributed by atoms with Crippen molar-refractivity contribution >= 4 is 33.8 Å². The predicted octanol–water partition coefficient (Wildman–Crippen LogP) is 2.16. The number of hydrogen-bond acceptors (Lipinski definition) is 11. The number of alkyl halides is 1. The molecule has 256 valence electrons. The van der Waals surface area contributed by atoms with Gasteiger partial charge in [-0.1, -0.05) is 41.6 Å². The monoisotopic (exact) mass is 734 g/mol. The van der Waals surface area contributed by atoms with Gasteiger partial charge < -0.3 is 43.4 Å². The predicted molar refractivity (Wildman–Crippen MR) is 175 cm³/mol. The number of aromatic carboxylic acids is 1. The molecule has 0 radical (unpaired) electrons. The Morgan fingerprint density at radius 2 is 0.936 bits per heavy atom. The van der Waals surface area contributed by atoms with Crippen LogP contribution >= 0.6 is 15.9 Å². The van der Waals surface area contributed by atoms with Crippen LogP contribution in [0.5, 0.6) is 17.2 Å². The van der Waals surface area contributed by atoms with Crippen molar-refractivity contribution in [3.63, 3.8) is 0 Å². The molecular weight excluding hydrogens is 691 g/mol. The first-order chi connectivity index (χ1) is 21.7. The van der Waals surface area contributed by atoms with Crippen LogP contribution in [0.15, 0.2) is 54.6 Å². The Morgan fingerprint density at radius 3 is 1.23 bits per heavy atom. The summed E-state index contributed by atoms with van der Waals surface area (Å²) in [6.45, 7) is 0.542. The fourth-order valence-electron chi connectivity index (χ4n) is 3.80. The molecule has 0 amide bonds. The Kier molecular flexibility index (Phi) is 28.6. The molecule has 3 rings (SSSR count). The number of carboxylic acids is 1. The number of benzene rings is 3. The molecule has 0 aromatic heterocycles. The number of ether oxygens (including phenoxy) is 7. The first-order valence-corrected chi connectivity index (χ1v) is 14.1. The van der Waals surface area contributed by atoms with E-state index in [-0.39, 0.29) is 61.1 Å². The van der Waals surface area contributed by atoms with E-state index in [0.29, 0.717) is 51.4 Å². The molecule has 0 aliphatic rings. The molecule has 0 bridgehead atoms. The number of carbonyl (C=O) groups excluding carboxylic acids is 2. The zero-order valence-corrected chi connectivity index (χ0v) is 31.2. The van der Waals surface area contributed by atoms with E-state index in [9.17, 15) is 14.4 Å². The van der Waals surface area contributed by atoms with E-state index < -0.39 is 5.97 Å². The van der Waals surface area contributed by atoms with Crippen LogP contribution in [0, 0.1) is 0 Å². The van der Waals surface area contributed by atoms with Gasteiger partial charge in [-0.05, 0) is 36.4 Å². The maximum Gasteiger partial charge on any atom is 1.00 e. The maximum absolute atomic E-state index is 11.4. The zero-order chi connectivity index (χ0) is 34.4. The summed E-state index contributed by atoms with van der Waals surface area (Å²) < 4.78 is 34.6. The van der Waals surface area contributed by atoms with Crippen LogP contribution in [0.25, 0.3) is 0 Å². The maximum atomic E-state index is 11.4. The van der Waals surface area contributed by atoms with Gasteiger partial charge >= 0.3 is 47.5 Å². The second-order valence-electron chi connectivity index (χ2n) is 8.25. The van der Waals surface area contributed by atoms with Gasteiger partial charge in [0.25, 0.3) is 0 Å². The number of carbonyl (C=O) groups is 3. The van der Waals surface area contributed by atoms with Crippen molar-refractivity contribution in [1.29, 1.82) is 0 Å². The Morgan fingerprint density at radius 1 is 0.617 bits per heavy atom. The molecule has 14 heteroatoms. The van der Waals surface area contributed by atoms with Crippen LogP contribution in [0.4, 0.5) is 0 Å². The average molecular weight is 736 g/mol. The van der Waals surface area contributed by atoms with E-state index in [4.69, 9.17) is 33.9 Å². The molecule has 47 heavy (non-hydrogen) atoms. The third-order valence-electron chi connectivity index (χ3n) is 5.81. The molecule has 0 saturated carbocycles. The summed E-state index contributed by atoms with van der Waals surface area (Å²) in [5, 5.41) is 17.7. The van der Waals surface area contributed by atoms with E-state index in [1.54, 1.807) is 63.8 Å². The number of halogens is 1. The summed E-state index contributed by atoms with van der Waals surface area (Å²) in [4.78, 5) is 33.7. The van der Waals surface area contributed by atoms with Crippen molar-refractivity contribution in [3.8, 4) is 17.2 Å². The van der Waals surface area contributed by atoms with Crippen molar-refractivity contribution in [1.82, 2.24) is 0 Å². The molecule has 0 aliphatic heterocycles. The van der Waals surface area contributed by atoms with E-state index in [1.165, 1.54) is 34.5 Å². The summed E-state index contributed by atoms with van der Waals surface area (Å²) in [7, 11) is 11.2. The first kappa shape index (κ1) is 48.2. The van der Waals surface area contributed by atoms with Crippen molar-refractivity contribution in [2.45, 2.75) is 26.0 Å². The largest absolute Gasteiger partial charge is 1.00 e. The van der Waals surface area contributed by atoms with Crippen molar-refractivity contribution in [3.05, 3.63) is 88.0 Å². The van der Waals surface area contributed by atoms with Crippen molar-refractivity contribution in [2.75, 3.05) is 56.9 Å². The minimum Gasteiger partial charge on any atom is -0.857 e. The average Bonchev–Trinajstić information content (AvgIpc) is 3.08. The van der Waals surface area contributed by atoms with Gasteiger partial charge in [0, 0.05) is 36.2 Å². The molecular formula is C33H44BrNaO12. The summed E-state index contributed by atoms with van der Waals surface area (Å²) in [6, 6.07) is 15.4. The van der Waals surface area contributed by atoms with Crippen molar-refractivity contribution < 1.29 is 87.3 Å². The zero-order valence-electron chi connectivity index (χ0n) is 27.6. The molecule has 0 heterocycles. The van der Waals surface area contributed by atoms with Gasteiger partial charge in [-0.3, -0.25) is 0 Å². The molecule has 0 fully saturated rings. The van der Waals surface area contributed by atoms with E-state index in [1.807, 2.05) is 6.07 Å². The molecule has 12 nitrogen and oxygen atoms in total. The first-order valence-electron chi connectivity index (χ1n) is 13.0. The van der Waals surface area contributed by atoms with Crippen molar-refractivity contribution in [2.24, 2.45) is 0 Å². The third-order valence-corrected chi connectivity index (χ3v) is 6.37. The topological polar surface area (TPSA) is 159 Å². The van der Waals surface area contributed by atoms with Crippen LogP contribution in [-0.4, -0.2) is 79.9 Å². The van der Waals surface area contributed by atoms with Crippen LogP contribution in [0.1, 0.15) is 55.2 Å². The van der Waals surface area contributed by atoms with Crippen LogP contribution in [0.3, 0.4) is 0 Å². The number of methoxy groups -OCH3 is 7. The Hall–Kier alpha value is -3.17. The number of esters is 2. The Bertz CT molecular complexity index is 1350. The van der Waals surface area contributed by atoms with Gasteiger partial charge in [-0.15, -0.1) is 0 Å². The number of carboxylic acid groups (broad SMARTS) is 1. The SMILES string of the molecule is C.COC(=O)c1cccc(OC)c1CBr.COCc1c(OC)cccc1C(=O)O.COCc1c(OC)cccc1C(=O)OC.C[O-].[Na+]. The quantitative estimate of drug-likeness (QED) is 0.174. The molecule has 0 saturated heterocycles. The normalized spacial score (nSPS) is 9.06. The van der Waals surface area contributed by atoms with Crippen LogP contribution in [-0.2, 0) is 37.5 Å². The molecule has 0 aliphatic carbocycles. The Labute approximate surface area is 307 Å². The molecule has 3 aromatic carbocycles. The summed E-state index contributed by atoms with van der Waals surface area (Å²) in [5.41, 5.74) is 3.29. The van der Waals surface area contributed by atoms with Crippen LogP contribution < -0.4 is 48.9 Å². The molecule has 1 N–H and O–H groups in total. The molecule has 0 unspecified atom stereocenters. The number of rotatable bonds is 11. The minimum absolute atomic E-state index is 0. The van der Waals surface area contributed by atoms with E-state index >= 15 is 0 Å². The van der Waals surface area contributed by atoms with Gasteiger partial charge in [0.1, 0.15) is 17.2 Å². The fraction of sp³-hybridized carbons (Fsp3) is 0.364. The van der Waals surface area contributed by atoms with Gasteiger partial charge in [0.05, 0.1) is 65.5 Å². The summed E-state index contributed by atoms with van der Waals surface area (Å²) in [6.07, 6.45) is 0.